The predicted octanol–water partition coefficient (Wildman–Crippen LogP) is 0.952. The minimum Gasteiger partial charge on any atom is -0.460 e. The summed E-state index contributed by atoms with van der Waals surface area (Å²) < 4.78 is 35.2. The lowest BCUT2D eigenvalue weighted by atomic mass is 10.2. The lowest BCUT2D eigenvalue weighted by Gasteiger charge is -2.05. The van der Waals surface area contributed by atoms with E-state index in [1.54, 1.807) is 0 Å². The molecule has 0 bridgehead atoms. The summed E-state index contributed by atoms with van der Waals surface area (Å²) in [6.07, 6.45) is 1.74. The van der Waals surface area contributed by atoms with Crippen molar-refractivity contribution in [1.29, 1.82) is 0 Å². The fourth-order valence-corrected chi connectivity index (χ4v) is 2.33. The molecule has 0 radical (unpaired) electrons. The van der Waals surface area contributed by atoms with Gasteiger partial charge in [-0.05, 0) is 12.0 Å². The molecule has 17 heavy (non-hydrogen) atoms. The van der Waals surface area contributed by atoms with Gasteiger partial charge in [-0.15, -0.1) is 0 Å². The number of hydrogen-bond acceptors (Lipinski definition) is 4. The van der Waals surface area contributed by atoms with Gasteiger partial charge in [0.25, 0.3) is 15.1 Å². The van der Waals surface area contributed by atoms with Crippen LogP contribution in [0.2, 0.25) is 0 Å². The van der Waals surface area contributed by atoms with Crippen LogP contribution >= 0.6 is 0 Å². The summed E-state index contributed by atoms with van der Waals surface area (Å²) in [5.74, 6) is 0. The van der Waals surface area contributed by atoms with Crippen LogP contribution in [0.4, 0.5) is 0 Å². The van der Waals surface area contributed by atoms with Crippen LogP contribution < -0.4 is 4.72 Å². The average molecular weight is 255 g/mol. The van der Waals surface area contributed by atoms with Crippen molar-refractivity contribution < 1.29 is 17.9 Å². The molecule has 0 aromatic heterocycles. The molecule has 92 valence electrons. The van der Waals surface area contributed by atoms with Gasteiger partial charge < -0.3 is 9.47 Å². The van der Waals surface area contributed by atoms with E-state index in [1.807, 2.05) is 30.3 Å². The summed E-state index contributed by atoms with van der Waals surface area (Å²) in [5.41, 5.74) is 1.08. The van der Waals surface area contributed by atoms with Gasteiger partial charge >= 0.3 is 0 Å². The Morgan fingerprint density at radius 1 is 1.24 bits per heavy atom. The molecule has 0 amide bonds. The van der Waals surface area contributed by atoms with Crippen LogP contribution in [0.3, 0.4) is 0 Å². The second-order valence-electron chi connectivity index (χ2n) is 3.50. The van der Waals surface area contributed by atoms with E-state index in [0.717, 1.165) is 11.8 Å². The molecule has 0 fully saturated rings. The molecule has 0 unspecified atom stereocenters. The van der Waals surface area contributed by atoms with E-state index in [-0.39, 0.29) is 11.9 Å². The largest absolute Gasteiger partial charge is 0.460 e. The fraction of sp³-hybridized carbons (Fsp3) is 0.273. The van der Waals surface area contributed by atoms with E-state index < -0.39 is 10.0 Å². The minimum absolute atomic E-state index is 0.0467. The molecule has 1 aromatic carbocycles. The van der Waals surface area contributed by atoms with Crippen LogP contribution in [0.5, 0.6) is 0 Å². The molecule has 0 saturated carbocycles. The molecule has 5 nitrogen and oxygen atoms in total. The summed E-state index contributed by atoms with van der Waals surface area (Å²) in [6.45, 7) is 0.280. The number of sulfonamides is 1. The highest BCUT2D eigenvalue weighted by Gasteiger charge is 2.22. The third-order valence-electron chi connectivity index (χ3n) is 2.26. The Balaban J connectivity index is 1.86. The molecule has 0 atom stereocenters. The zero-order valence-corrected chi connectivity index (χ0v) is 9.94. The maximum absolute atomic E-state index is 11.6. The van der Waals surface area contributed by atoms with Crippen molar-refractivity contribution in [3.05, 3.63) is 47.2 Å². The molecule has 1 aliphatic rings. The van der Waals surface area contributed by atoms with Crippen LogP contribution in [0, 0.1) is 0 Å². The van der Waals surface area contributed by atoms with E-state index in [9.17, 15) is 8.42 Å². The third-order valence-corrected chi connectivity index (χ3v) is 3.59. The van der Waals surface area contributed by atoms with Crippen molar-refractivity contribution in [2.75, 3.05) is 13.3 Å². The van der Waals surface area contributed by atoms with E-state index in [2.05, 4.69) is 4.72 Å². The fourth-order valence-electron chi connectivity index (χ4n) is 1.41. The SMILES string of the molecule is O=S(=O)(NCCc1ccccc1)C1=COCO1. The van der Waals surface area contributed by atoms with Gasteiger partial charge in [-0.2, -0.15) is 0 Å². The molecule has 0 saturated heterocycles. The highest BCUT2D eigenvalue weighted by molar-refractivity contribution is 7.93. The minimum atomic E-state index is -3.57. The first kappa shape index (κ1) is 11.9. The van der Waals surface area contributed by atoms with Crippen LogP contribution in [0.1, 0.15) is 5.56 Å². The lowest BCUT2D eigenvalue weighted by molar-refractivity contribution is 0.0875. The van der Waals surface area contributed by atoms with Gasteiger partial charge in [-0.1, -0.05) is 30.3 Å². The Kier molecular flexibility index (Phi) is 3.65. The highest BCUT2D eigenvalue weighted by atomic mass is 32.2. The second kappa shape index (κ2) is 5.20. The second-order valence-corrected chi connectivity index (χ2v) is 5.20. The van der Waals surface area contributed by atoms with Crippen LogP contribution in [-0.4, -0.2) is 21.8 Å². The van der Waals surface area contributed by atoms with Gasteiger partial charge in [-0.3, -0.25) is 0 Å². The standard InChI is InChI=1S/C11H13NO4S/c13-17(14,11-8-15-9-16-11)12-7-6-10-4-2-1-3-5-10/h1-5,8,12H,6-7,9H2. The van der Waals surface area contributed by atoms with Gasteiger partial charge in [-0.25, -0.2) is 13.1 Å². The zero-order valence-electron chi connectivity index (χ0n) is 9.13. The molecular weight excluding hydrogens is 242 g/mol. The molecule has 1 aromatic rings. The van der Waals surface area contributed by atoms with Crippen molar-refractivity contribution in [2.24, 2.45) is 0 Å². The summed E-state index contributed by atoms with van der Waals surface area (Å²) in [6, 6.07) is 9.65. The lowest BCUT2D eigenvalue weighted by Crippen LogP contribution is -2.27. The third kappa shape index (κ3) is 3.21. The number of nitrogens with one attached hydrogen (secondary N) is 1. The molecule has 0 spiro atoms. The van der Waals surface area contributed by atoms with Crippen molar-refractivity contribution >= 4 is 10.0 Å². The van der Waals surface area contributed by atoms with Gasteiger partial charge in [0.1, 0.15) is 6.26 Å². The van der Waals surface area contributed by atoms with E-state index in [1.165, 1.54) is 0 Å². The first-order valence-electron chi connectivity index (χ1n) is 5.17. The maximum Gasteiger partial charge on any atom is 0.276 e. The Hall–Kier alpha value is -1.53. The maximum atomic E-state index is 11.6. The van der Waals surface area contributed by atoms with E-state index in [0.29, 0.717) is 13.0 Å². The monoisotopic (exact) mass is 255 g/mol. The normalized spacial score (nSPS) is 14.9. The van der Waals surface area contributed by atoms with E-state index in [4.69, 9.17) is 9.47 Å². The molecule has 6 heteroatoms. The highest BCUT2D eigenvalue weighted by Crippen LogP contribution is 2.12. The van der Waals surface area contributed by atoms with Crippen molar-refractivity contribution in [1.82, 2.24) is 4.72 Å². The predicted molar refractivity (Wildman–Crippen MR) is 62.2 cm³/mol. The van der Waals surface area contributed by atoms with Gasteiger partial charge in [0, 0.05) is 6.54 Å². The molecule has 2 rings (SSSR count). The smallest absolute Gasteiger partial charge is 0.276 e. The summed E-state index contributed by atoms with van der Waals surface area (Å²) >= 11 is 0. The van der Waals surface area contributed by atoms with Crippen LogP contribution in [0.25, 0.3) is 0 Å². The molecule has 1 aliphatic heterocycles. The summed E-state index contributed by atoms with van der Waals surface area (Å²) in [5, 5.41) is -0.162. The van der Waals surface area contributed by atoms with Crippen LogP contribution in [-0.2, 0) is 25.9 Å². The molecule has 0 aliphatic carbocycles. The molecule has 1 heterocycles. The number of benzene rings is 1. The first-order valence-corrected chi connectivity index (χ1v) is 6.65. The van der Waals surface area contributed by atoms with Gasteiger partial charge in [0.05, 0.1) is 0 Å². The topological polar surface area (TPSA) is 64.6 Å². The Labute approximate surface area is 100 Å². The Bertz CT molecular complexity index is 495. The van der Waals surface area contributed by atoms with E-state index >= 15 is 0 Å². The van der Waals surface area contributed by atoms with Gasteiger partial charge in [0.2, 0.25) is 6.79 Å². The molecule has 1 N–H and O–H groups in total. The first-order chi connectivity index (χ1) is 8.18. The van der Waals surface area contributed by atoms with Crippen molar-refractivity contribution in [3.63, 3.8) is 0 Å². The number of ether oxygens (including phenoxy) is 2. The van der Waals surface area contributed by atoms with Crippen molar-refractivity contribution in [2.45, 2.75) is 6.42 Å². The average Bonchev–Trinajstić information content (AvgIpc) is 2.84. The Morgan fingerprint density at radius 2 is 2.00 bits per heavy atom. The van der Waals surface area contributed by atoms with Crippen molar-refractivity contribution in [3.8, 4) is 0 Å². The summed E-state index contributed by atoms with van der Waals surface area (Å²) in [7, 11) is -3.57. The van der Waals surface area contributed by atoms with Crippen LogP contribution in [0.15, 0.2) is 41.7 Å². The molecular formula is C11H13NO4S. The Morgan fingerprint density at radius 3 is 2.65 bits per heavy atom. The quantitative estimate of drug-likeness (QED) is 0.851. The zero-order chi connectivity index (χ0) is 12.1. The summed E-state index contributed by atoms with van der Waals surface area (Å²) in [4.78, 5) is 0. The number of rotatable bonds is 5. The number of hydrogen-bond donors (Lipinski definition) is 1. The van der Waals surface area contributed by atoms with Gasteiger partial charge in [0.15, 0.2) is 0 Å².